The summed E-state index contributed by atoms with van der Waals surface area (Å²) in [4.78, 5) is 24.1. The molecule has 0 bridgehead atoms. The molecule has 0 fully saturated rings. The number of thiol groups is 1. The van der Waals surface area contributed by atoms with Gasteiger partial charge >= 0.3 is 11.9 Å². The van der Waals surface area contributed by atoms with Crippen molar-refractivity contribution in [2.45, 2.75) is 174 Å². The Morgan fingerprint density at radius 1 is 0.528 bits per heavy atom. The molecular weight excluding hydrogens is 468 g/mol. The third-order valence-electron chi connectivity index (χ3n) is 6.90. The average Bonchev–Trinajstić information content (AvgIpc) is 2.88. The Hall–Kier alpha value is -0.710. The molecule has 0 unspecified atom stereocenters. The molecule has 0 amide bonds. The smallest absolute Gasteiger partial charge is 0.306 e. The highest BCUT2D eigenvalue weighted by Crippen LogP contribution is 2.14. The van der Waals surface area contributed by atoms with Gasteiger partial charge in [0.2, 0.25) is 0 Å². The van der Waals surface area contributed by atoms with Gasteiger partial charge in [-0.25, -0.2) is 0 Å². The summed E-state index contributed by atoms with van der Waals surface area (Å²) < 4.78 is 10.8. The lowest BCUT2D eigenvalue weighted by Gasteiger charge is -2.16. The van der Waals surface area contributed by atoms with Crippen LogP contribution in [-0.4, -0.2) is 30.4 Å². The second-order valence-electron chi connectivity index (χ2n) is 10.5. The van der Waals surface area contributed by atoms with Gasteiger partial charge in [0, 0.05) is 18.6 Å². The van der Waals surface area contributed by atoms with Crippen molar-refractivity contribution in [2.24, 2.45) is 0 Å². The number of rotatable bonds is 28. The number of carbonyl (C=O) groups is 2. The van der Waals surface area contributed by atoms with Crippen LogP contribution >= 0.6 is 12.6 Å². The quantitative estimate of drug-likeness (QED) is 0.0623. The molecule has 214 valence electrons. The average molecular weight is 529 g/mol. The molecule has 0 radical (unpaired) electrons. The fourth-order valence-corrected chi connectivity index (χ4v) is 4.67. The third kappa shape index (κ3) is 26.4. The van der Waals surface area contributed by atoms with Crippen molar-refractivity contribution >= 4 is 24.6 Å². The van der Waals surface area contributed by atoms with E-state index in [1.807, 2.05) is 0 Å². The molecule has 0 saturated heterocycles. The molecule has 0 rings (SSSR count). The minimum Gasteiger partial charge on any atom is -0.462 e. The van der Waals surface area contributed by atoms with Crippen LogP contribution in [0.25, 0.3) is 0 Å². The topological polar surface area (TPSA) is 52.6 Å². The molecule has 0 N–H and O–H groups in total. The number of hydrogen-bond donors (Lipinski definition) is 1. The van der Waals surface area contributed by atoms with Gasteiger partial charge in [-0.1, -0.05) is 142 Å². The Balaban J connectivity index is 3.56. The van der Waals surface area contributed by atoms with Gasteiger partial charge in [0.1, 0.15) is 12.7 Å². The van der Waals surface area contributed by atoms with Gasteiger partial charge in [-0.3, -0.25) is 9.59 Å². The summed E-state index contributed by atoms with van der Waals surface area (Å²) in [5.41, 5.74) is 0. The normalized spacial score (nSPS) is 12.0. The molecule has 0 aromatic heterocycles. The van der Waals surface area contributed by atoms with Crippen LogP contribution < -0.4 is 0 Å². The maximum absolute atomic E-state index is 12.1. The number of hydrogen-bond acceptors (Lipinski definition) is 5. The Morgan fingerprint density at radius 3 is 1.22 bits per heavy atom. The Labute approximate surface area is 229 Å². The van der Waals surface area contributed by atoms with Crippen LogP contribution in [0.1, 0.15) is 168 Å². The van der Waals surface area contributed by atoms with Crippen LogP contribution in [0.15, 0.2) is 0 Å². The molecule has 0 aromatic carbocycles. The van der Waals surface area contributed by atoms with E-state index in [9.17, 15) is 9.59 Å². The van der Waals surface area contributed by atoms with E-state index >= 15 is 0 Å². The van der Waals surface area contributed by atoms with E-state index in [0.717, 1.165) is 25.7 Å². The summed E-state index contributed by atoms with van der Waals surface area (Å²) in [6, 6.07) is 0. The molecule has 0 heterocycles. The first-order valence-corrected chi connectivity index (χ1v) is 16.2. The van der Waals surface area contributed by atoms with E-state index in [1.54, 1.807) is 0 Å². The highest BCUT2D eigenvalue weighted by molar-refractivity contribution is 7.80. The largest absolute Gasteiger partial charge is 0.462 e. The standard InChI is InChI=1S/C31H60O4S/c1-3-5-7-9-11-13-14-15-16-18-20-22-24-26-31(33)35-29(28-36)27-34-30(32)25-23-21-19-17-12-10-8-6-4-2/h29,36H,3-28H2,1-2H3/t29-/m1/s1. The van der Waals surface area contributed by atoms with E-state index < -0.39 is 6.10 Å². The van der Waals surface area contributed by atoms with Gasteiger partial charge in [-0.2, -0.15) is 12.6 Å². The lowest BCUT2D eigenvalue weighted by molar-refractivity contribution is -0.157. The van der Waals surface area contributed by atoms with Crippen LogP contribution in [0, 0.1) is 0 Å². The minimum absolute atomic E-state index is 0.115. The van der Waals surface area contributed by atoms with E-state index in [4.69, 9.17) is 9.47 Å². The Kier molecular flexibility index (Phi) is 28.3. The van der Waals surface area contributed by atoms with Crippen molar-refractivity contribution < 1.29 is 19.1 Å². The van der Waals surface area contributed by atoms with E-state index in [1.165, 1.54) is 116 Å². The minimum atomic E-state index is -0.449. The molecular formula is C31H60O4S. The fraction of sp³-hybridized carbons (Fsp3) is 0.935. The predicted octanol–water partition coefficient (Wildman–Crippen LogP) is 9.77. The maximum atomic E-state index is 12.1. The Morgan fingerprint density at radius 2 is 0.861 bits per heavy atom. The van der Waals surface area contributed by atoms with E-state index in [2.05, 4.69) is 26.5 Å². The summed E-state index contributed by atoms with van der Waals surface area (Å²) in [6.45, 7) is 4.62. The zero-order chi connectivity index (χ0) is 26.5. The van der Waals surface area contributed by atoms with Gasteiger partial charge in [0.05, 0.1) is 0 Å². The fourth-order valence-electron chi connectivity index (χ4n) is 4.49. The monoisotopic (exact) mass is 528 g/mol. The number of ether oxygens (including phenoxy) is 2. The second kappa shape index (κ2) is 28.9. The second-order valence-corrected chi connectivity index (χ2v) is 10.9. The van der Waals surface area contributed by atoms with Crippen molar-refractivity contribution in [2.75, 3.05) is 12.4 Å². The van der Waals surface area contributed by atoms with Crippen molar-refractivity contribution in [1.29, 1.82) is 0 Å². The van der Waals surface area contributed by atoms with Gasteiger partial charge in [-0.05, 0) is 12.8 Å². The Bertz CT molecular complexity index is 483. The molecule has 1 atom stereocenters. The van der Waals surface area contributed by atoms with E-state index in [0.29, 0.717) is 18.6 Å². The first-order chi connectivity index (χ1) is 17.6. The first-order valence-electron chi connectivity index (χ1n) is 15.6. The van der Waals surface area contributed by atoms with Gasteiger partial charge in [0.25, 0.3) is 0 Å². The van der Waals surface area contributed by atoms with Crippen molar-refractivity contribution in [3.63, 3.8) is 0 Å². The van der Waals surface area contributed by atoms with Crippen LogP contribution in [0.3, 0.4) is 0 Å². The zero-order valence-corrected chi connectivity index (χ0v) is 24.9. The lowest BCUT2D eigenvalue weighted by Crippen LogP contribution is -2.26. The van der Waals surface area contributed by atoms with Gasteiger partial charge < -0.3 is 9.47 Å². The highest BCUT2D eigenvalue weighted by atomic mass is 32.1. The molecule has 5 heteroatoms. The van der Waals surface area contributed by atoms with Gasteiger partial charge in [-0.15, -0.1) is 0 Å². The van der Waals surface area contributed by atoms with Crippen molar-refractivity contribution in [3.05, 3.63) is 0 Å². The number of unbranched alkanes of at least 4 members (excludes halogenated alkanes) is 20. The van der Waals surface area contributed by atoms with Crippen molar-refractivity contribution in [1.82, 2.24) is 0 Å². The lowest BCUT2D eigenvalue weighted by atomic mass is 10.0. The molecule has 0 aliphatic rings. The number of carbonyl (C=O) groups excluding carboxylic acids is 2. The summed E-state index contributed by atoms with van der Waals surface area (Å²) in [7, 11) is 0. The maximum Gasteiger partial charge on any atom is 0.306 e. The molecule has 0 aliphatic heterocycles. The highest BCUT2D eigenvalue weighted by Gasteiger charge is 2.15. The number of esters is 2. The van der Waals surface area contributed by atoms with Gasteiger partial charge in [0.15, 0.2) is 0 Å². The summed E-state index contributed by atoms with van der Waals surface area (Å²) in [5, 5.41) is 0. The summed E-state index contributed by atoms with van der Waals surface area (Å²) >= 11 is 4.26. The predicted molar refractivity (Wildman–Crippen MR) is 157 cm³/mol. The van der Waals surface area contributed by atoms with E-state index in [-0.39, 0.29) is 18.5 Å². The van der Waals surface area contributed by atoms with Crippen LogP contribution in [0.5, 0.6) is 0 Å². The molecule has 0 aromatic rings. The van der Waals surface area contributed by atoms with Crippen LogP contribution in [-0.2, 0) is 19.1 Å². The molecule has 0 aliphatic carbocycles. The van der Waals surface area contributed by atoms with Crippen molar-refractivity contribution in [3.8, 4) is 0 Å². The molecule has 0 saturated carbocycles. The van der Waals surface area contributed by atoms with Crippen LogP contribution in [0.4, 0.5) is 0 Å². The van der Waals surface area contributed by atoms with Crippen LogP contribution in [0.2, 0.25) is 0 Å². The first kappa shape index (κ1) is 35.3. The molecule has 4 nitrogen and oxygen atoms in total. The molecule has 36 heavy (non-hydrogen) atoms. The SMILES string of the molecule is CCCCCCCCCCCCCCCC(=O)O[C@@H](CS)COC(=O)CCCCCCCCCCC. The molecule has 0 spiro atoms. The summed E-state index contributed by atoms with van der Waals surface area (Å²) in [6.07, 6.45) is 28.2. The third-order valence-corrected chi connectivity index (χ3v) is 7.31. The zero-order valence-electron chi connectivity index (χ0n) is 24.0. The summed E-state index contributed by atoms with van der Waals surface area (Å²) in [5.74, 6) is -0.0280.